The highest BCUT2D eigenvalue weighted by Crippen LogP contribution is 2.22. The zero-order valence-corrected chi connectivity index (χ0v) is 9.23. The zero-order chi connectivity index (χ0) is 9.26. The Bertz CT molecular complexity index is 326. The number of hydrogen-bond donors (Lipinski definition) is 0. The number of rotatable bonds is 2. The van der Waals surface area contributed by atoms with E-state index in [2.05, 4.69) is 15.9 Å². The van der Waals surface area contributed by atoms with E-state index in [1.54, 1.807) is 16.2 Å². The number of nitrogens with zero attached hydrogens (tertiary/aromatic N) is 1. The van der Waals surface area contributed by atoms with E-state index in [4.69, 9.17) is 4.74 Å². The van der Waals surface area contributed by atoms with Gasteiger partial charge in [-0.2, -0.15) is 0 Å². The monoisotopic (exact) mass is 261 g/mol. The van der Waals surface area contributed by atoms with Crippen molar-refractivity contribution in [3.63, 3.8) is 0 Å². The number of halogens is 1. The Labute approximate surface area is 88.4 Å². The van der Waals surface area contributed by atoms with Crippen LogP contribution in [0.1, 0.15) is 4.88 Å². The summed E-state index contributed by atoms with van der Waals surface area (Å²) >= 11 is 5.01. The van der Waals surface area contributed by atoms with Crippen LogP contribution in [0.2, 0.25) is 0 Å². The van der Waals surface area contributed by atoms with Gasteiger partial charge in [0.05, 0.1) is 13.1 Å². The van der Waals surface area contributed by atoms with Gasteiger partial charge >= 0.3 is 6.09 Å². The topological polar surface area (TPSA) is 29.5 Å². The SMILES string of the molecule is O=C1OCCN1Cc1cc(Br)cs1. The molecule has 5 heteroatoms. The van der Waals surface area contributed by atoms with Gasteiger partial charge in [-0.05, 0) is 22.0 Å². The van der Waals surface area contributed by atoms with Crippen LogP contribution in [0.4, 0.5) is 4.79 Å². The van der Waals surface area contributed by atoms with Crippen molar-refractivity contribution in [1.29, 1.82) is 0 Å². The van der Waals surface area contributed by atoms with Gasteiger partial charge in [-0.25, -0.2) is 4.79 Å². The van der Waals surface area contributed by atoms with Gasteiger partial charge in [0.2, 0.25) is 0 Å². The Morgan fingerprint density at radius 1 is 1.69 bits per heavy atom. The molecule has 0 spiro atoms. The molecule has 1 aromatic rings. The minimum Gasteiger partial charge on any atom is -0.448 e. The lowest BCUT2D eigenvalue weighted by molar-refractivity contribution is 0.157. The van der Waals surface area contributed by atoms with E-state index in [9.17, 15) is 4.79 Å². The summed E-state index contributed by atoms with van der Waals surface area (Å²) in [6, 6.07) is 2.02. The van der Waals surface area contributed by atoms with Crippen LogP contribution in [0, 0.1) is 0 Å². The van der Waals surface area contributed by atoms with Crippen LogP contribution in [-0.2, 0) is 11.3 Å². The summed E-state index contributed by atoms with van der Waals surface area (Å²) in [6.07, 6.45) is -0.204. The number of ether oxygens (including phenoxy) is 1. The van der Waals surface area contributed by atoms with Crippen molar-refractivity contribution in [2.75, 3.05) is 13.2 Å². The summed E-state index contributed by atoms with van der Waals surface area (Å²) in [7, 11) is 0. The Morgan fingerprint density at radius 2 is 2.54 bits per heavy atom. The number of cyclic esters (lactones) is 1. The first-order valence-corrected chi connectivity index (χ1v) is 5.57. The van der Waals surface area contributed by atoms with E-state index in [1.807, 2.05) is 11.4 Å². The van der Waals surface area contributed by atoms with Gasteiger partial charge in [-0.1, -0.05) is 0 Å². The van der Waals surface area contributed by atoms with Gasteiger partial charge in [-0.15, -0.1) is 11.3 Å². The Hall–Kier alpha value is -0.550. The molecular weight excluding hydrogens is 254 g/mol. The Morgan fingerprint density at radius 3 is 3.08 bits per heavy atom. The van der Waals surface area contributed by atoms with Crippen molar-refractivity contribution in [2.45, 2.75) is 6.54 Å². The highest BCUT2D eigenvalue weighted by atomic mass is 79.9. The molecule has 2 rings (SSSR count). The molecular formula is C8H8BrNO2S. The molecule has 0 unspecified atom stereocenters. The molecule has 3 nitrogen and oxygen atoms in total. The fourth-order valence-corrected chi connectivity index (χ4v) is 2.66. The quantitative estimate of drug-likeness (QED) is 0.819. The first-order valence-electron chi connectivity index (χ1n) is 3.90. The van der Waals surface area contributed by atoms with Crippen molar-refractivity contribution in [1.82, 2.24) is 4.90 Å². The minimum absolute atomic E-state index is 0.204. The Balaban J connectivity index is 2.01. The van der Waals surface area contributed by atoms with E-state index in [0.717, 1.165) is 4.47 Å². The van der Waals surface area contributed by atoms with Crippen LogP contribution in [0.15, 0.2) is 15.9 Å². The second kappa shape index (κ2) is 3.67. The lowest BCUT2D eigenvalue weighted by Gasteiger charge is -2.09. The smallest absolute Gasteiger partial charge is 0.410 e. The van der Waals surface area contributed by atoms with E-state index >= 15 is 0 Å². The minimum atomic E-state index is -0.204. The molecule has 1 aromatic heterocycles. The fraction of sp³-hybridized carbons (Fsp3) is 0.375. The molecule has 1 aliphatic rings. The van der Waals surface area contributed by atoms with Crippen LogP contribution in [-0.4, -0.2) is 24.1 Å². The van der Waals surface area contributed by atoms with E-state index in [0.29, 0.717) is 19.7 Å². The van der Waals surface area contributed by atoms with Crippen molar-refractivity contribution >= 4 is 33.4 Å². The van der Waals surface area contributed by atoms with Crippen LogP contribution >= 0.6 is 27.3 Å². The van der Waals surface area contributed by atoms with Crippen LogP contribution in [0.3, 0.4) is 0 Å². The molecule has 1 aliphatic heterocycles. The third-order valence-electron chi connectivity index (χ3n) is 1.81. The average Bonchev–Trinajstić information content (AvgIpc) is 2.64. The molecule has 2 heterocycles. The van der Waals surface area contributed by atoms with Gasteiger partial charge in [-0.3, -0.25) is 4.90 Å². The molecule has 1 saturated heterocycles. The maximum atomic E-state index is 11.1. The molecule has 0 N–H and O–H groups in total. The number of carbonyl (C=O) groups excluding carboxylic acids is 1. The van der Waals surface area contributed by atoms with Crippen LogP contribution in [0.25, 0.3) is 0 Å². The maximum Gasteiger partial charge on any atom is 0.410 e. The molecule has 0 saturated carbocycles. The third-order valence-corrected chi connectivity index (χ3v) is 3.50. The standard InChI is InChI=1S/C8H8BrNO2S/c9-6-3-7(13-5-6)4-10-1-2-12-8(10)11/h3,5H,1-2,4H2. The van der Waals surface area contributed by atoms with Crippen molar-refractivity contribution in [2.24, 2.45) is 0 Å². The van der Waals surface area contributed by atoms with Gasteiger partial charge in [0.15, 0.2) is 0 Å². The molecule has 0 aromatic carbocycles. The predicted octanol–water partition coefficient (Wildman–Crippen LogP) is 2.46. The van der Waals surface area contributed by atoms with E-state index < -0.39 is 0 Å². The van der Waals surface area contributed by atoms with Crippen molar-refractivity contribution in [3.8, 4) is 0 Å². The lowest BCUT2D eigenvalue weighted by atomic mass is 10.4. The zero-order valence-electron chi connectivity index (χ0n) is 6.83. The first kappa shape index (κ1) is 9.02. The van der Waals surface area contributed by atoms with Crippen LogP contribution < -0.4 is 0 Å². The summed E-state index contributed by atoms with van der Waals surface area (Å²) in [5.41, 5.74) is 0. The van der Waals surface area contributed by atoms with E-state index in [1.165, 1.54) is 4.88 Å². The van der Waals surface area contributed by atoms with Crippen LogP contribution in [0.5, 0.6) is 0 Å². The van der Waals surface area contributed by atoms with Gasteiger partial charge < -0.3 is 4.74 Å². The van der Waals surface area contributed by atoms with Gasteiger partial charge in [0.1, 0.15) is 6.61 Å². The Kier molecular flexibility index (Phi) is 2.55. The number of hydrogen-bond acceptors (Lipinski definition) is 3. The van der Waals surface area contributed by atoms with Crippen molar-refractivity contribution in [3.05, 3.63) is 20.8 Å². The molecule has 1 fully saturated rings. The summed E-state index contributed by atoms with van der Waals surface area (Å²) < 4.78 is 5.89. The first-order chi connectivity index (χ1) is 6.25. The predicted molar refractivity (Wildman–Crippen MR) is 53.8 cm³/mol. The van der Waals surface area contributed by atoms with Gasteiger partial charge in [0.25, 0.3) is 0 Å². The summed E-state index contributed by atoms with van der Waals surface area (Å²) in [4.78, 5) is 14.0. The molecule has 0 radical (unpaired) electrons. The molecule has 0 aliphatic carbocycles. The largest absolute Gasteiger partial charge is 0.448 e. The third kappa shape index (κ3) is 2.03. The molecule has 70 valence electrons. The normalized spacial score (nSPS) is 16.4. The fourth-order valence-electron chi connectivity index (χ4n) is 1.19. The number of amides is 1. The molecule has 0 atom stereocenters. The highest BCUT2D eigenvalue weighted by Gasteiger charge is 2.22. The molecule has 0 bridgehead atoms. The van der Waals surface area contributed by atoms with Gasteiger partial charge in [0, 0.05) is 14.7 Å². The van der Waals surface area contributed by atoms with E-state index in [-0.39, 0.29) is 6.09 Å². The average molecular weight is 262 g/mol. The highest BCUT2D eigenvalue weighted by molar-refractivity contribution is 9.10. The maximum absolute atomic E-state index is 11.1. The summed E-state index contributed by atoms with van der Waals surface area (Å²) in [5.74, 6) is 0. The number of thiophene rings is 1. The second-order valence-corrected chi connectivity index (χ2v) is 4.68. The molecule has 1 amide bonds. The summed E-state index contributed by atoms with van der Waals surface area (Å²) in [5, 5.41) is 2.01. The molecule has 13 heavy (non-hydrogen) atoms. The number of carbonyl (C=O) groups is 1. The summed E-state index contributed by atoms with van der Waals surface area (Å²) in [6.45, 7) is 1.88. The second-order valence-electron chi connectivity index (χ2n) is 2.77. The van der Waals surface area contributed by atoms with Crippen molar-refractivity contribution < 1.29 is 9.53 Å². The lowest BCUT2D eigenvalue weighted by Crippen LogP contribution is -2.22.